The van der Waals surface area contributed by atoms with Crippen molar-refractivity contribution in [2.24, 2.45) is 4.99 Å². The number of amides is 2. The first-order chi connectivity index (χ1) is 28.1. The van der Waals surface area contributed by atoms with Crippen LogP contribution in [0.5, 0.6) is 5.75 Å². The normalized spacial score (nSPS) is 14.9. The Morgan fingerprint density at radius 1 is 1.09 bits per heavy atom. The number of ether oxygens (including phenoxy) is 1. The molecule has 1 saturated heterocycles. The summed E-state index contributed by atoms with van der Waals surface area (Å²) in [5, 5.41) is 17.3. The van der Waals surface area contributed by atoms with Gasteiger partial charge in [-0.15, -0.1) is 21.5 Å². The number of aliphatic imine (C=N–C) groups is 1. The number of carbonyl (C=O) groups excluding carboxylic acids is 3. The molecule has 58 heavy (non-hydrogen) atoms. The van der Waals surface area contributed by atoms with Crippen molar-refractivity contribution in [1.82, 2.24) is 44.3 Å². The van der Waals surface area contributed by atoms with Gasteiger partial charge in [-0.25, -0.2) is 4.98 Å². The lowest BCUT2D eigenvalue weighted by Crippen LogP contribution is -2.51. The van der Waals surface area contributed by atoms with Crippen molar-refractivity contribution in [3.05, 3.63) is 128 Å². The van der Waals surface area contributed by atoms with Crippen LogP contribution >= 0.6 is 22.9 Å². The number of benzene rings is 2. The summed E-state index contributed by atoms with van der Waals surface area (Å²) in [7, 11) is 1.80. The lowest BCUT2D eigenvalue weighted by Gasteiger charge is -2.30. The van der Waals surface area contributed by atoms with Crippen LogP contribution in [-0.2, 0) is 42.4 Å². The first-order valence-electron chi connectivity index (χ1n) is 18.8. The smallest absolute Gasteiger partial charge is 0.243 e. The van der Waals surface area contributed by atoms with E-state index in [1.54, 1.807) is 49.1 Å². The van der Waals surface area contributed by atoms with Gasteiger partial charge in [-0.05, 0) is 57.5 Å². The van der Waals surface area contributed by atoms with Gasteiger partial charge in [0.15, 0.2) is 12.1 Å². The van der Waals surface area contributed by atoms with Crippen molar-refractivity contribution in [3.63, 3.8) is 0 Å². The summed E-state index contributed by atoms with van der Waals surface area (Å²) in [6.07, 6.45) is 9.75. The van der Waals surface area contributed by atoms with Crippen molar-refractivity contribution < 1.29 is 19.1 Å². The summed E-state index contributed by atoms with van der Waals surface area (Å²) in [5.74, 6) is 8.24. The summed E-state index contributed by atoms with van der Waals surface area (Å²) in [6.45, 7) is 6.37. The number of hydrogen-bond acceptors (Lipinski definition) is 11. The molecule has 2 amide bonds. The van der Waals surface area contributed by atoms with Gasteiger partial charge in [0.25, 0.3) is 0 Å². The molecular formula is C42H39ClN10O4S. The van der Waals surface area contributed by atoms with Crippen LogP contribution in [0.25, 0.3) is 5.00 Å². The first-order valence-corrected chi connectivity index (χ1v) is 20.0. The molecule has 0 radical (unpaired) electrons. The maximum absolute atomic E-state index is 12.4. The Balaban J connectivity index is 0.890. The van der Waals surface area contributed by atoms with E-state index in [1.165, 1.54) is 0 Å². The van der Waals surface area contributed by atoms with Crippen molar-refractivity contribution in [2.75, 3.05) is 7.05 Å². The molecule has 16 heteroatoms. The maximum atomic E-state index is 12.4. The highest BCUT2D eigenvalue weighted by atomic mass is 35.5. The molecule has 294 valence electrons. The fraction of sp³-hybridized carbons (Fsp3) is 0.286. The van der Waals surface area contributed by atoms with Gasteiger partial charge >= 0.3 is 0 Å². The molecule has 4 aromatic heterocycles. The monoisotopic (exact) mass is 814 g/mol. The van der Waals surface area contributed by atoms with Crippen molar-refractivity contribution in [3.8, 4) is 22.6 Å². The van der Waals surface area contributed by atoms with Gasteiger partial charge in [-0.2, -0.15) is 5.10 Å². The van der Waals surface area contributed by atoms with Crippen LogP contribution in [0.15, 0.2) is 72.4 Å². The van der Waals surface area contributed by atoms with Gasteiger partial charge in [0.1, 0.15) is 29.7 Å². The van der Waals surface area contributed by atoms with Crippen LogP contribution in [0.1, 0.15) is 79.7 Å². The average Bonchev–Trinajstić information content (AvgIpc) is 4.00. The van der Waals surface area contributed by atoms with E-state index < -0.39 is 6.04 Å². The fourth-order valence-corrected chi connectivity index (χ4v) is 8.57. The fourth-order valence-electron chi connectivity index (χ4n) is 7.21. The molecule has 1 N–H and O–H groups in total. The van der Waals surface area contributed by atoms with Crippen molar-refractivity contribution >= 4 is 46.7 Å². The van der Waals surface area contributed by atoms with Gasteiger partial charge in [0.2, 0.25) is 11.8 Å². The van der Waals surface area contributed by atoms with Gasteiger partial charge in [0, 0.05) is 65.7 Å². The minimum absolute atomic E-state index is 0.202. The minimum Gasteiger partial charge on any atom is -0.487 e. The van der Waals surface area contributed by atoms with E-state index in [0.717, 1.165) is 74.4 Å². The minimum atomic E-state index is -0.477. The molecule has 0 bridgehead atoms. The Morgan fingerprint density at radius 3 is 2.74 bits per heavy atom. The Bertz CT molecular complexity index is 2630. The number of nitrogens with one attached hydrogen (secondary N) is 1. The van der Waals surface area contributed by atoms with Crippen molar-refractivity contribution in [2.45, 2.75) is 71.9 Å². The third kappa shape index (κ3) is 8.12. The lowest BCUT2D eigenvalue weighted by atomic mass is 10.00. The predicted molar refractivity (Wildman–Crippen MR) is 218 cm³/mol. The van der Waals surface area contributed by atoms with Crippen LogP contribution < -0.4 is 10.1 Å². The number of rotatable bonds is 12. The molecule has 2 aromatic carbocycles. The molecule has 0 spiro atoms. The molecule has 2 aliphatic heterocycles. The van der Waals surface area contributed by atoms with E-state index in [2.05, 4.69) is 48.9 Å². The number of nitrogens with zero attached hydrogens (tertiary/aromatic N) is 9. The number of aryl methyl sites for hydroxylation is 3. The standard InChI is InChI=1S/C42H39ClN10O4S/c1-26-36(58-42-39(26)40(29-9-11-31(43)12-10-29)44-19-37-49-48-27(2)53(37)42)14-8-28-18-46-52(20-28)17-5-16-51-21-32(45-25-51)24-57-35-7-4-6-30(23-54)33(35)22-50(3)34-13-15-38(55)47-41(34)56/h4,6-7,9-12,18,20-21,23,25,34H,5,13,15-17,19,22,24H2,1-3H3,(H,47,55,56). The van der Waals surface area contributed by atoms with Gasteiger partial charge in [-0.3, -0.25) is 38.8 Å². The Labute approximate surface area is 343 Å². The molecule has 0 aliphatic carbocycles. The number of imide groups is 1. The molecule has 1 atom stereocenters. The number of aldehydes is 1. The molecule has 8 rings (SSSR count). The third-order valence-corrected chi connectivity index (χ3v) is 11.7. The van der Waals surface area contributed by atoms with Gasteiger partial charge in [-0.1, -0.05) is 47.7 Å². The quantitative estimate of drug-likeness (QED) is 0.0964. The number of halogens is 1. The summed E-state index contributed by atoms with van der Waals surface area (Å²) in [5.41, 5.74) is 6.64. The Hall–Kier alpha value is -6.21. The second-order valence-electron chi connectivity index (χ2n) is 14.2. The van der Waals surface area contributed by atoms with Crippen LogP contribution in [0.2, 0.25) is 5.02 Å². The second kappa shape index (κ2) is 16.7. The number of thiophene rings is 1. The molecule has 2 aliphatic rings. The lowest BCUT2D eigenvalue weighted by molar-refractivity contribution is -0.137. The van der Waals surface area contributed by atoms with Gasteiger partial charge < -0.3 is 9.30 Å². The molecule has 14 nitrogen and oxygen atoms in total. The van der Waals surface area contributed by atoms with Crippen LogP contribution in [0.3, 0.4) is 0 Å². The summed E-state index contributed by atoms with van der Waals surface area (Å²) in [4.78, 5) is 48.3. The number of likely N-dealkylation sites (N-methyl/N-ethyl adjacent to an activating group) is 1. The Kier molecular flexibility index (Phi) is 11.1. The van der Waals surface area contributed by atoms with E-state index >= 15 is 0 Å². The summed E-state index contributed by atoms with van der Waals surface area (Å²) >= 11 is 7.82. The van der Waals surface area contributed by atoms with Crippen molar-refractivity contribution in [1.29, 1.82) is 0 Å². The first kappa shape index (κ1) is 38.7. The van der Waals surface area contributed by atoms with E-state index in [1.807, 2.05) is 57.7 Å². The number of carbonyl (C=O) groups is 3. The van der Waals surface area contributed by atoms with Crippen LogP contribution in [-0.4, -0.2) is 75.9 Å². The van der Waals surface area contributed by atoms with E-state index in [-0.39, 0.29) is 24.8 Å². The zero-order chi connectivity index (χ0) is 40.3. The summed E-state index contributed by atoms with van der Waals surface area (Å²) in [6, 6.07) is 12.5. The maximum Gasteiger partial charge on any atom is 0.243 e. The number of fused-ring (bicyclic) bond motifs is 3. The highest BCUT2D eigenvalue weighted by Gasteiger charge is 2.31. The zero-order valence-corrected chi connectivity index (χ0v) is 33.7. The molecule has 6 heterocycles. The summed E-state index contributed by atoms with van der Waals surface area (Å²) < 4.78 is 12.2. The highest BCUT2D eigenvalue weighted by molar-refractivity contribution is 7.15. The molecule has 6 aromatic rings. The van der Waals surface area contributed by atoms with Gasteiger partial charge in [0.05, 0.1) is 40.4 Å². The number of piperidine rings is 1. The number of aromatic nitrogens is 7. The molecule has 1 unspecified atom stereocenters. The van der Waals surface area contributed by atoms with E-state index in [4.69, 9.17) is 21.3 Å². The van der Waals surface area contributed by atoms with Crippen LogP contribution in [0.4, 0.5) is 0 Å². The average molecular weight is 815 g/mol. The topological polar surface area (TPSA) is 154 Å². The Morgan fingerprint density at radius 2 is 1.93 bits per heavy atom. The van der Waals surface area contributed by atoms with E-state index in [9.17, 15) is 14.4 Å². The predicted octanol–water partition coefficient (Wildman–Crippen LogP) is 5.46. The van der Waals surface area contributed by atoms with Crippen LogP contribution in [0, 0.1) is 25.7 Å². The molecular weight excluding hydrogens is 776 g/mol. The largest absolute Gasteiger partial charge is 0.487 e. The SMILES string of the molecule is Cc1c(C#Cc2cnn(CCCn3cnc(COc4cccc(C=O)c4CN(C)C4CCC(=O)NC4=O)c3)c2)sc2c1C(c1ccc(Cl)cc1)=NCc1nnc(C)n1-2. The highest BCUT2D eigenvalue weighted by Crippen LogP contribution is 2.36. The molecule has 0 saturated carbocycles. The zero-order valence-electron chi connectivity index (χ0n) is 32.1. The number of hydrogen-bond donors (Lipinski definition) is 1. The van der Waals surface area contributed by atoms with E-state index in [0.29, 0.717) is 48.0 Å². The third-order valence-electron chi connectivity index (χ3n) is 10.2. The second-order valence-corrected chi connectivity index (χ2v) is 15.7. The number of imidazole rings is 1. The molecule has 1 fully saturated rings.